The van der Waals surface area contributed by atoms with Crippen LogP contribution < -0.4 is 26.6 Å². The van der Waals surface area contributed by atoms with E-state index in [0.717, 1.165) is 76.4 Å². The van der Waals surface area contributed by atoms with E-state index in [-0.39, 0.29) is 11.8 Å². The number of aromatic nitrogens is 7. The van der Waals surface area contributed by atoms with Gasteiger partial charge in [-0.2, -0.15) is 5.10 Å². The number of halogens is 1. The van der Waals surface area contributed by atoms with Gasteiger partial charge in [-0.05, 0) is 137 Å². The van der Waals surface area contributed by atoms with Crippen molar-refractivity contribution in [3.8, 4) is 22.5 Å². The fourth-order valence-electron chi connectivity index (χ4n) is 6.97. The molecule has 2 aromatic carbocycles. The van der Waals surface area contributed by atoms with Crippen LogP contribution >= 0.6 is 15.9 Å². The van der Waals surface area contributed by atoms with Gasteiger partial charge in [-0.25, -0.2) is 19.0 Å². The minimum absolute atomic E-state index is 0.0198. The van der Waals surface area contributed by atoms with Crippen LogP contribution in [0.3, 0.4) is 0 Å². The van der Waals surface area contributed by atoms with Crippen LogP contribution in [0.4, 0.5) is 22.9 Å². The minimum Gasteiger partial charge on any atom is -0.389 e. The highest BCUT2D eigenvalue weighted by atomic mass is 79.9. The highest BCUT2D eigenvalue weighted by molar-refractivity contribution is 9.10. The molecule has 0 atom stereocenters. The van der Waals surface area contributed by atoms with Gasteiger partial charge in [0.15, 0.2) is 17.1 Å². The number of aryl methyl sites for hydroxylation is 2. The van der Waals surface area contributed by atoms with Crippen molar-refractivity contribution in [2.45, 2.75) is 90.5 Å². The molecular formula is C47H53BrN12O4. The maximum Gasteiger partial charge on any atom is 0.251 e. The van der Waals surface area contributed by atoms with Gasteiger partial charge in [-0.1, -0.05) is 12.1 Å². The van der Waals surface area contributed by atoms with Crippen molar-refractivity contribution in [1.29, 1.82) is 0 Å². The Hall–Kier alpha value is -6.43. The summed E-state index contributed by atoms with van der Waals surface area (Å²) in [6, 6.07) is 19.6. The number of benzene rings is 2. The number of hydrogen-bond acceptors (Lipinski definition) is 12. The lowest BCUT2D eigenvalue weighted by atomic mass is 10.0. The monoisotopic (exact) mass is 928 g/mol. The lowest BCUT2D eigenvalue weighted by molar-refractivity contribution is 0.0939. The normalized spacial score (nSPS) is 13.9. The number of anilines is 4. The molecule has 2 saturated carbocycles. The van der Waals surface area contributed by atoms with E-state index in [1.54, 1.807) is 61.5 Å². The van der Waals surface area contributed by atoms with E-state index in [1.807, 2.05) is 74.5 Å². The first kappa shape index (κ1) is 44.2. The molecule has 5 heterocycles. The summed E-state index contributed by atoms with van der Waals surface area (Å²) in [5.74, 6) is 0.544. The summed E-state index contributed by atoms with van der Waals surface area (Å²) in [5.41, 5.74) is 8.46. The SMILES string of the molecule is Cc1cc(-c2cnc3c(NCC(C)(C)O)cc(Br)nn23)ccc1C(=O)NC1CC1.Cc1cc(-c2cnc3c(NCC(C)(C)O)cc(Nc4cccnc4)nn23)ccc1C(=O)NC1CC1. The molecule has 2 aliphatic rings. The Labute approximate surface area is 379 Å². The first-order valence-electron chi connectivity index (χ1n) is 21.3. The van der Waals surface area contributed by atoms with E-state index in [2.05, 4.69) is 62.6 Å². The first-order valence-corrected chi connectivity index (χ1v) is 22.1. The highest BCUT2D eigenvalue weighted by Gasteiger charge is 2.26. The number of pyridine rings is 1. The zero-order valence-electron chi connectivity index (χ0n) is 36.7. The predicted molar refractivity (Wildman–Crippen MR) is 252 cm³/mol. The molecule has 2 fully saturated rings. The third-order valence-corrected chi connectivity index (χ3v) is 11.0. The number of hydrogen-bond donors (Lipinski definition) is 7. The van der Waals surface area contributed by atoms with Crippen molar-refractivity contribution in [3.05, 3.63) is 112 Å². The van der Waals surface area contributed by atoms with Crippen molar-refractivity contribution >= 4 is 61.9 Å². The summed E-state index contributed by atoms with van der Waals surface area (Å²) in [7, 11) is 0. The van der Waals surface area contributed by atoms with E-state index in [4.69, 9.17) is 5.10 Å². The molecule has 0 unspecified atom stereocenters. The molecule has 16 nitrogen and oxygen atoms in total. The average Bonchev–Trinajstić information content (AvgIpc) is 4.15. The van der Waals surface area contributed by atoms with Crippen LogP contribution in [0, 0.1) is 13.8 Å². The van der Waals surface area contributed by atoms with Gasteiger partial charge < -0.3 is 36.8 Å². The van der Waals surface area contributed by atoms with Crippen LogP contribution in [0.25, 0.3) is 33.8 Å². The molecule has 5 aromatic heterocycles. The Kier molecular flexibility index (Phi) is 12.4. The molecule has 2 amide bonds. The van der Waals surface area contributed by atoms with Crippen LogP contribution in [-0.4, -0.2) is 92.6 Å². The fourth-order valence-corrected chi connectivity index (χ4v) is 7.35. The van der Waals surface area contributed by atoms with Gasteiger partial charge in [0.1, 0.15) is 4.60 Å². The third-order valence-electron chi connectivity index (χ3n) is 10.6. The van der Waals surface area contributed by atoms with Gasteiger partial charge in [0.2, 0.25) is 0 Å². The molecule has 7 N–H and O–H groups in total. The number of imidazole rings is 2. The van der Waals surface area contributed by atoms with Crippen LogP contribution in [0.15, 0.2) is 90.1 Å². The lowest BCUT2D eigenvalue weighted by Gasteiger charge is -2.19. The van der Waals surface area contributed by atoms with Crippen LogP contribution in [-0.2, 0) is 0 Å². The van der Waals surface area contributed by atoms with Crippen molar-refractivity contribution in [2.24, 2.45) is 0 Å². The van der Waals surface area contributed by atoms with Crippen molar-refractivity contribution < 1.29 is 19.8 Å². The van der Waals surface area contributed by atoms with Gasteiger partial charge in [0, 0.05) is 59.7 Å². The average molecular weight is 930 g/mol. The van der Waals surface area contributed by atoms with E-state index in [9.17, 15) is 19.8 Å². The van der Waals surface area contributed by atoms with E-state index in [1.165, 1.54) is 0 Å². The summed E-state index contributed by atoms with van der Waals surface area (Å²) in [4.78, 5) is 38.2. The van der Waals surface area contributed by atoms with E-state index >= 15 is 0 Å². The fraction of sp³-hybridized carbons (Fsp3) is 0.340. The maximum atomic E-state index is 12.6. The number of aliphatic hydroxyl groups is 2. The lowest BCUT2D eigenvalue weighted by Crippen LogP contribution is -2.29. The Bertz CT molecular complexity index is 2840. The number of rotatable bonds is 14. The minimum atomic E-state index is -0.902. The standard InChI is InChI=1S/C26H29N7O2.C21H24BrN5O2/c1-16-11-17(6-9-20(16)25(34)31-18-7-8-18)22-14-28-24-21(29-15-26(2,3)35)12-23(32-33(22)24)30-19-5-4-10-27-13-19;1-12-8-13(4-7-15(12)20(28)25-14-5-6-14)17-10-23-19-16(24-11-21(2,3)29)9-18(22)26-27(17)19/h4-6,9-14,18,29,35H,7-8,15H2,1-3H3,(H,30,32)(H,31,34);4,7-10,14,24,29H,5-6,11H2,1-3H3,(H,25,28). The van der Waals surface area contributed by atoms with Gasteiger partial charge >= 0.3 is 0 Å². The summed E-state index contributed by atoms with van der Waals surface area (Å²) < 4.78 is 4.18. The number of nitrogens with one attached hydrogen (secondary N) is 5. The summed E-state index contributed by atoms with van der Waals surface area (Å²) in [6.45, 7) is 11.6. The molecule has 0 saturated heterocycles. The van der Waals surface area contributed by atoms with Crippen LogP contribution in [0.5, 0.6) is 0 Å². The molecule has 2 aliphatic carbocycles. The molecule has 17 heteroatoms. The molecule has 0 spiro atoms. The van der Waals surface area contributed by atoms with Crippen LogP contribution in [0.2, 0.25) is 0 Å². The summed E-state index contributed by atoms with van der Waals surface area (Å²) in [6.07, 6.45) is 11.2. The van der Waals surface area contributed by atoms with Gasteiger partial charge in [-0.3, -0.25) is 14.6 Å². The molecule has 9 rings (SSSR count). The Balaban J connectivity index is 0.000000178. The Morgan fingerprint density at radius 2 is 1.20 bits per heavy atom. The number of carbonyl (C=O) groups excluding carboxylic acids is 2. The molecule has 0 aliphatic heterocycles. The van der Waals surface area contributed by atoms with E-state index < -0.39 is 11.2 Å². The largest absolute Gasteiger partial charge is 0.389 e. The quantitative estimate of drug-likeness (QED) is 0.0568. The summed E-state index contributed by atoms with van der Waals surface area (Å²) in [5, 5.41) is 45.5. The number of fused-ring (bicyclic) bond motifs is 2. The zero-order valence-corrected chi connectivity index (χ0v) is 38.3. The second kappa shape index (κ2) is 18.0. The van der Waals surface area contributed by atoms with Crippen molar-refractivity contribution in [1.82, 2.24) is 44.8 Å². The zero-order chi connectivity index (χ0) is 45.3. The van der Waals surface area contributed by atoms with Gasteiger partial charge in [-0.15, -0.1) is 5.10 Å². The molecule has 0 radical (unpaired) electrons. The predicted octanol–water partition coefficient (Wildman–Crippen LogP) is 7.46. The number of amides is 2. The second-order valence-electron chi connectivity index (χ2n) is 17.8. The number of nitrogens with zero attached hydrogens (tertiary/aromatic N) is 7. The van der Waals surface area contributed by atoms with Crippen LogP contribution in [0.1, 0.15) is 85.2 Å². The molecular weight excluding hydrogens is 877 g/mol. The second-order valence-corrected chi connectivity index (χ2v) is 18.6. The third kappa shape index (κ3) is 10.8. The van der Waals surface area contributed by atoms with Gasteiger partial charge in [0.05, 0.1) is 58.2 Å². The number of carbonyl (C=O) groups is 2. The summed E-state index contributed by atoms with van der Waals surface area (Å²) >= 11 is 3.45. The molecule has 64 heavy (non-hydrogen) atoms. The molecule has 332 valence electrons. The van der Waals surface area contributed by atoms with Crippen molar-refractivity contribution in [2.75, 3.05) is 29.0 Å². The Morgan fingerprint density at radius 1 is 0.703 bits per heavy atom. The highest BCUT2D eigenvalue weighted by Crippen LogP contribution is 2.31. The smallest absolute Gasteiger partial charge is 0.251 e. The first-order chi connectivity index (χ1) is 30.5. The molecule has 7 aromatic rings. The maximum absolute atomic E-state index is 12.6. The topological polar surface area (TPSA) is 208 Å². The molecule has 0 bridgehead atoms. The van der Waals surface area contributed by atoms with Gasteiger partial charge in [0.25, 0.3) is 11.8 Å². The Morgan fingerprint density at radius 3 is 1.66 bits per heavy atom. The van der Waals surface area contributed by atoms with E-state index in [0.29, 0.717) is 58.0 Å². The van der Waals surface area contributed by atoms with Crippen molar-refractivity contribution in [3.63, 3.8) is 0 Å².